The number of hydrogen-bond acceptors (Lipinski definition) is 7. The maximum atomic E-state index is 12.0. The Morgan fingerprint density at radius 2 is 1.81 bits per heavy atom. The van der Waals surface area contributed by atoms with Crippen LogP contribution in [0.15, 0.2) is 24.3 Å². The van der Waals surface area contributed by atoms with E-state index in [-0.39, 0.29) is 34.2 Å². The summed E-state index contributed by atoms with van der Waals surface area (Å²) in [5.74, 6) is -0.948. The number of nitro groups is 1. The number of carboxylic acids is 1. The largest absolute Gasteiger partial charge is 0.493 e. The fourth-order valence-electron chi connectivity index (χ4n) is 2.25. The third-order valence-corrected chi connectivity index (χ3v) is 4.57. The van der Waals surface area contributed by atoms with Crippen molar-refractivity contribution in [3.8, 4) is 11.5 Å². The number of methoxy groups -OCH3 is 2. The Kier molecular flexibility index (Phi) is 6.12. The maximum absolute atomic E-state index is 12.0. The minimum Gasteiger partial charge on any atom is -0.493 e. The van der Waals surface area contributed by atoms with Gasteiger partial charge in [0.05, 0.1) is 30.1 Å². The van der Waals surface area contributed by atoms with Gasteiger partial charge in [-0.3, -0.25) is 14.9 Å². The molecule has 1 heterocycles. The van der Waals surface area contributed by atoms with E-state index in [1.807, 2.05) is 0 Å². The van der Waals surface area contributed by atoms with Crippen molar-refractivity contribution < 1.29 is 29.1 Å². The number of ether oxygens (including phenoxy) is 2. The quantitative estimate of drug-likeness (QED) is 0.531. The standard InChI is InChI=1S/C16H16N2O7S/c1-24-11-7-9(10(18(22)23)8-12(11)25-2)5-6-17-15(19)13-3-4-14(26-13)16(20)21/h3-4,7-8H,5-6H2,1-2H3,(H,17,19)(H,20,21). The molecule has 0 radical (unpaired) electrons. The van der Waals surface area contributed by atoms with Gasteiger partial charge in [0, 0.05) is 12.1 Å². The highest BCUT2D eigenvalue weighted by Gasteiger charge is 2.20. The number of benzene rings is 1. The molecule has 0 spiro atoms. The van der Waals surface area contributed by atoms with E-state index in [0.717, 1.165) is 11.3 Å². The number of carbonyl (C=O) groups excluding carboxylic acids is 1. The Morgan fingerprint density at radius 1 is 1.19 bits per heavy atom. The molecule has 1 aromatic carbocycles. The molecule has 0 unspecified atom stereocenters. The van der Waals surface area contributed by atoms with Crippen LogP contribution in [0.4, 0.5) is 5.69 Å². The van der Waals surface area contributed by atoms with Crippen LogP contribution in [0, 0.1) is 10.1 Å². The van der Waals surface area contributed by atoms with E-state index in [1.54, 1.807) is 0 Å². The number of hydrogen-bond donors (Lipinski definition) is 2. The van der Waals surface area contributed by atoms with Crippen LogP contribution in [0.3, 0.4) is 0 Å². The summed E-state index contributed by atoms with van der Waals surface area (Å²) in [6.07, 6.45) is 0.194. The van der Waals surface area contributed by atoms with Gasteiger partial charge in [-0.15, -0.1) is 11.3 Å². The minimum absolute atomic E-state index is 0.0608. The smallest absolute Gasteiger partial charge is 0.345 e. The summed E-state index contributed by atoms with van der Waals surface area (Å²) in [6, 6.07) is 5.54. The highest BCUT2D eigenvalue weighted by Crippen LogP contribution is 2.34. The SMILES string of the molecule is COc1cc(CCNC(=O)c2ccc(C(=O)O)s2)c([N+](=O)[O-])cc1OC. The molecule has 138 valence electrons. The van der Waals surface area contributed by atoms with Crippen LogP contribution in [0.1, 0.15) is 24.9 Å². The summed E-state index contributed by atoms with van der Waals surface area (Å²) in [6.45, 7) is 0.134. The van der Waals surface area contributed by atoms with Crippen LogP contribution >= 0.6 is 11.3 Å². The summed E-state index contributed by atoms with van der Waals surface area (Å²) in [7, 11) is 2.81. The van der Waals surface area contributed by atoms with Crippen LogP contribution in [0.5, 0.6) is 11.5 Å². The van der Waals surface area contributed by atoms with Crippen molar-refractivity contribution >= 4 is 28.9 Å². The molecular weight excluding hydrogens is 364 g/mol. The number of thiophene rings is 1. The van der Waals surface area contributed by atoms with E-state index < -0.39 is 16.8 Å². The average Bonchev–Trinajstić information content (AvgIpc) is 3.11. The molecule has 0 aliphatic heterocycles. The second-order valence-electron chi connectivity index (χ2n) is 5.07. The van der Waals surface area contributed by atoms with Crippen LogP contribution in [0.25, 0.3) is 0 Å². The van der Waals surface area contributed by atoms with E-state index in [4.69, 9.17) is 14.6 Å². The number of nitrogens with zero attached hydrogens (tertiary/aromatic N) is 1. The Hall–Kier alpha value is -3.14. The fraction of sp³-hybridized carbons (Fsp3) is 0.250. The zero-order valence-electron chi connectivity index (χ0n) is 14.0. The third kappa shape index (κ3) is 4.28. The number of aromatic carboxylic acids is 1. The molecule has 10 heteroatoms. The van der Waals surface area contributed by atoms with Crippen LogP contribution in [-0.4, -0.2) is 42.7 Å². The number of rotatable bonds is 8. The van der Waals surface area contributed by atoms with E-state index >= 15 is 0 Å². The lowest BCUT2D eigenvalue weighted by Crippen LogP contribution is -2.25. The van der Waals surface area contributed by atoms with E-state index in [2.05, 4.69) is 5.32 Å². The number of carboxylic acid groups (broad SMARTS) is 1. The van der Waals surface area contributed by atoms with Crippen molar-refractivity contribution in [2.75, 3.05) is 20.8 Å². The first-order valence-electron chi connectivity index (χ1n) is 7.38. The van der Waals surface area contributed by atoms with Crippen molar-refractivity contribution in [1.82, 2.24) is 5.32 Å². The van der Waals surface area contributed by atoms with Crippen molar-refractivity contribution in [3.63, 3.8) is 0 Å². The molecule has 0 fully saturated rings. The first kappa shape index (κ1) is 19.2. The van der Waals surface area contributed by atoms with Gasteiger partial charge in [0.25, 0.3) is 11.6 Å². The third-order valence-electron chi connectivity index (χ3n) is 3.50. The summed E-state index contributed by atoms with van der Waals surface area (Å²) >= 11 is 0.858. The second-order valence-corrected chi connectivity index (χ2v) is 6.15. The topological polar surface area (TPSA) is 128 Å². The van der Waals surface area contributed by atoms with Crippen LogP contribution < -0.4 is 14.8 Å². The Labute approximate surface area is 152 Å². The molecule has 1 amide bonds. The van der Waals surface area contributed by atoms with E-state index in [0.29, 0.717) is 11.3 Å². The van der Waals surface area contributed by atoms with Gasteiger partial charge in [-0.1, -0.05) is 0 Å². The molecule has 0 aliphatic carbocycles. The van der Waals surface area contributed by atoms with Gasteiger partial charge < -0.3 is 19.9 Å². The molecule has 2 N–H and O–H groups in total. The van der Waals surface area contributed by atoms with Crippen molar-refractivity contribution in [3.05, 3.63) is 49.7 Å². The minimum atomic E-state index is -1.10. The zero-order chi connectivity index (χ0) is 19.3. The lowest BCUT2D eigenvalue weighted by Gasteiger charge is -2.11. The van der Waals surface area contributed by atoms with Gasteiger partial charge in [0.15, 0.2) is 11.5 Å². The van der Waals surface area contributed by atoms with Crippen LogP contribution in [-0.2, 0) is 6.42 Å². The predicted molar refractivity (Wildman–Crippen MR) is 93.5 cm³/mol. The van der Waals surface area contributed by atoms with Gasteiger partial charge in [0.1, 0.15) is 4.88 Å². The first-order valence-corrected chi connectivity index (χ1v) is 8.19. The van der Waals surface area contributed by atoms with Gasteiger partial charge in [-0.2, -0.15) is 0 Å². The molecule has 26 heavy (non-hydrogen) atoms. The fourth-order valence-corrected chi connectivity index (χ4v) is 3.01. The van der Waals surface area contributed by atoms with Crippen molar-refractivity contribution in [2.24, 2.45) is 0 Å². The van der Waals surface area contributed by atoms with Gasteiger partial charge in [-0.05, 0) is 24.6 Å². The highest BCUT2D eigenvalue weighted by molar-refractivity contribution is 7.15. The molecular formula is C16H16N2O7S. The molecule has 0 saturated heterocycles. The molecule has 0 aliphatic rings. The van der Waals surface area contributed by atoms with Crippen molar-refractivity contribution in [2.45, 2.75) is 6.42 Å². The molecule has 1 aromatic heterocycles. The van der Waals surface area contributed by atoms with Gasteiger partial charge in [-0.25, -0.2) is 4.79 Å². The highest BCUT2D eigenvalue weighted by atomic mass is 32.1. The first-order chi connectivity index (χ1) is 12.4. The molecule has 9 nitrogen and oxygen atoms in total. The summed E-state index contributed by atoms with van der Waals surface area (Å²) in [5, 5.41) is 22.7. The lowest BCUT2D eigenvalue weighted by molar-refractivity contribution is -0.385. The summed E-state index contributed by atoms with van der Waals surface area (Å²) in [4.78, 5) is 33.9. The number of amides is 1. The summed E-state index contributed by atoms with van der Waals surface area (Å²) in [5.41, 5.74) is 0.242. The Morgan fingerprint density at radius 3 is 2.35 bits per heavy atom. The average molecular weight is 380 g/mol. The number of carbonyl (C=O) groups is 2. The van der Waals surface area contributed by atoms with E-state index in [9.17, 15) is 19.7 Å². The number of nitrogens with one attached hydrogen (secondary N) is 1. The molecule has 2 aromatic rings. The molecule has 0 bridgehead atoms. The van der Waals surface area contributed by atoms with Gasteiger partial charge in [0.2, 0.25) is 0 Å². The second kappa shape index (κ2) is 8.30. The van der Waals surface area contributed by atoms with Crippen LogP contribution in [0.2, 0.25) is 0 Å². The lowest BCUT2D eigenvalue weighted by atomic mass is 10.1. The molecule has 2 rings (SSSR count). The molecule has 0 atom stereocenters. The maximum Gasteiger partial charge on any atom is 0.345 e. The van der Waals surface area contributed by atoms with Gasteiger partial charge >= 0.3 is 5.97 Å². The Balaban J connectivity index is 2.09. The molecule has 0 saturated carbocycles. The van der Waals surface area contributed by atoms with E-state index in [1.165, 1.54) is 38.5 Å². The normalized spacial score (nSPS) is 10.2. The van der Waals surface area contributed by atoms with Crippen molar-refractivity contribution in [1.29, 1.82) is 0 Å². The number of nitro benzene ring substituents is 1. The zero-order valence-corrected chi connectivity index (χ0v) is 14.8. The summed E-state index contributed by atoms with van der Waals surface area (Å²) < 4.78 is 10.2. The monoisotopic (exact) mass is 380 g/mol. The Bertz CT molecular complexity index is 847. The predicted octanol–water partition coefficient (Wildman–Crippen LogP) is 2.34.